The van der Waals surface area contributed by atoms with Crippen LogP contribution in [-0.2, 0) is 0 Å². The number of fused-ring (bicyclic) bond motifs is 2. The van der Waals surface area contributed by atoms with Gasteiger partial charge in [-0.1, -0.05) is 24.3 Å². The summed E-state index contributed by atoms with van der Waals surface area (Å²) in [5.74, 6) is 1.71. The second kappa shape index (κ2) is 7.60. The number of furan rings is 1. The van der Waals surface area contributed by atoms with Crippen molar-refractivity contribution in [3.05, 3.63) is 84.5 Å². The van der Waals surface area contributed by atoms with E-state index in [-0.39, 0.29) is 11.8 Å². The molecule has 0 saturated carbocycles. The molecule has 1 aromatic carbocycles. The Kier molecular flexibility index (Phi) is 4.45. The zero-order chi connectivity index (χ0) is 21.5. The SMILES string of the molecule is O=C(c1cc(-c2ccco2)nc2ccccc12)N1CCC[C@@H](c2nnc3ccccn23)C1. The number of hydrogen-bond donors (Lipinski definition) is 0. The van der Waals surface area contributed by atoms with Crippen LogP contribution in [0.3, 0.4) is 0 Å². The summed E-state index contributed by atoms with van der Waals surface area (Å²) in [5, 5.41) is 9.58. The average Bonchev–Trinajstić information content (AvgIpc) is 3.53. The highest BCUT2D eigenvalue weighted by Crippen LogP contribution is 2.30. The molecule has 7 heteroatoms. The Balaban J connectivity index is 1.37. The molecule has 158 valence electrons. The summed E-state index contributed by atoms with van der Waals surface area (Å²) in [6.07, 6.45) is 5.50. The smallest absolute Gasteiger partial charge is 0.254 e. The molecule has 0 spiro atoms. The highest BCUT2D eigenvalue weighted by molar-refractivity contribution is 6.07. The van der Waals surface area contributed by atoms with Gasteiger partial charge in [-0.2, -0.15) is 0 Å². The van der Waals surface area contributed by atoms with Crippen LogP contribution >= 0.6 is 0 Å². The first kappa shape index (κ1) is 18.7. The van der Waals surface area contributed by atoms with Gasteiger partial charge in [-0.05, 0) is 49.2 Å². The van der Waals surface area contributed by atoms with Gasteiger partial charge in [-0.15, -0.1) is 10.2 Å². The molecule has 5 aromatic rings. The van der Waals surface area contributed by atoms with Crippen molar-refractivity contribution in [2.75, 3.05) is 13.1 Å². The lowest BCUT2D eigenvalue weighted by molar-refractivity contribution is 0.0706. The minimum absolute atomic E-state index is 0.00919. The molecule has 1 amide bonds. The zero-order valence-electron chi connectivity index (χ0n) is 17.4. The predicted octanol–water partition coefficient (Wildman–Crippen LogP) is 4.56. The summed E-state index contributed by atoms with van der Waals surface area (Å²) in [6.45, 7) is 1.33. The molecule has 0 bridgehead atoms. The van der Waals surface area contributed by atoms with Crippen molar-refractivity contribution in [2.24, 2.45) is 0 Å². The summed E-state index contributed by atoms with van der Waals surface area (Å²) in [6, 6.07) is 19.2. The Morgan fingerprint density at radius 3 is 2.84 bits per heavy atom. The molecular weight excluding hydrogens is 402 g/mol. The van der Waals surface area contributed by atoms with Crippen molar-refractivity contribution in [1.82, 2.24) is 24.5 Å². The number of amides is 1. The maximum Gasteiger partial charge on any atom is 0.254 e. The van der Waals surface area contributed by atoms with Gasteiger partial charge in [0.1, 0.15) is 11.5 Å². The highest BCUT2D eigenvalue weighted by Gasteiger charge is 2.29. The Morgan fingerprint density at radius 1 is 1.03 bits per heavy atom. The number of carbonyl (C=O) groups excluding carboxylic acids is 1. The monoisotopic (exact) mass is 423 g/mol. The van der Waals surface area contributed by atoms with Gasteiger partial charge in [0.15, 0.2) is 11.4 Å². The fraction of sp³-hybridized carbons (Fsp3) is 0.200. The van der Waals surface area contributed by atoms with Crippen molar-refractivity contribution in [1.29, 1.82) is 0 Å². The molecule has 0 unspecified atom stereocenters. The number of para-hydroxylation sites is 1. The average molecular weight is 423 g/mol. The van der Waals surface area contributed by atoms with Crippen LogP contribution < -0.4 is 0 Å². The van der Waals surface area contributed by atoms with Gasteiger partial charge in [-0.3, -0.25) is 9.20 Å². The van der Waals surface area contributed by atoms with E-state index in [1.165, 1.54) is 0 Å². The van der Waals surface area contributed by atoms with E-state index in [1.807, 2.05) is 76.2 Å². The number of piperidine rings is 1. The molecule has 5 heterocycles. The van der Waals surface area contributed by atoms with Crippen LogP contribution in [0.4, 0.5) is 0 Å². The predicted molar refractivity (Wildman–Crippen MR) is 120 cm³/mol. The van der Waals surface area contributed by atoms with Crippen LogP contribution in [0.2, 0.25) is 0 Å². The van der Waals surface area contributed by atoms with Crippen LogP contribution in [0, 0.1) is 0 Å². The second-order valence-corrected chi connectivity index (χ2v) is 8.13. The molecule has 0 aliphatic carbocycles. The van der Waals surface area contributed by atoms with Gasteiger partial charge < -0.3 is 9.32 Å². The summed E-state index contributed by atoms with van der Waals surface area (Å²) < 4.78 is 7.57. The molecule has 32 heavy (non-hydrogen) atoms. The summed E-state index contributed by atoms with van der Waals surface area (Å²) in [7, 11) is 0. The zero-order valence-corrected chi connectivity index (χ0v) is 17.4. The van der Waals surface area contributed by atoms with Crippen LogP contribution in [0.5, 0.6) is 0 Å². The molecule has 1 fully saturated rings. The number of nitrogens with zero attached hydrogens (tertiary/aromatic N) is 5. The third kappa shape index (κ3) is 3.13. The second-order valence-electron chi connectivity index (χ2n) is 8.13. The first-order valence-electron chi connectivity index (χ1n) is 10.8. The lowest BCUT2D eigenvalue weighted by Gasteiger charge is -2.32. The summed E-state index contributed by atoms with van der Waals surface area (Å²) in [4.78, 5) is 20.4. The van der Waals surface area contributed by atoms with Gasteiger partial charge >= 0.3 is 0 Å². The molecule has 1 saturated heterocycles. The number of hydrogen-bond acceptors (Lipinski definition) is 5. The third-order valence-electron chi connectivity index (χ3n) is 6.13. The molecule has 6 rings (SSSR count). The van der Waals surface area contributed by atoms with E-state index in [0.29, 0.717) is 23.6 Å². The lowest BCUT2D eigenvalue weighted by atomic mass is 9.96. The van der Waals surface area contributed by atoms with Crippen molar-refractivity contribution in [2.45, 2.75) is 18.8 Å². The quantitative estimate of drug-likeness (QED) is 0.425. The number of benzene rings is 1. The van der Waals surface area contributed by atoms with Gasteiger partial charge in [0.05, 0.1) is 17.3 Å². The van der Waals surface area contributed by atoms with Crippen molar-refractivity contribution < 1.29 is 9.21 Å². The van der Waals surface area contributed by atoms with Crippen LogP contribution in [0.25, 0.3) is 28.0 Å². The largest absolute Gasteiger partial charge is 0.463 e. The molecule has 7 nitrogen and oxygen atoms in total. The van der Waals surface area contributed by atoms with E-state index in [1.54, 1.807) is 6.26 Å². The summed E-state index contributed by atoms with van der Waals surface area (Å²) in [5.41, 5.74) is 2.92. The minimum Gasteiger partial charge on any atom is -0.463 e. The number of pyridine rings is 2. The Hall–Kier alpha value is -4.00. The molecule has 1 aliphatic rings. The van der Waals surface area contributed by atoms with E-state index < -0.39 is 0 Å². The number of rotatable bonds is 3. The maximum absolute atomic E-state index is 13.7. The molecular formula is C25H21N5O2. The topological polar surface area (TPSA) is 76.5 Å². The number of aromatic nitrogens is 4. The fourth-order valence-electron chi connectivity index (χ4n) is 4.58. The van der Waals surface area contributed by atoms with Crippen LogP contribution in [0.15, 0.2) is 77.5 Å². The molecule has 1 atom stereocenters. The minimum atomic E-state index is 0.00919. The molecule has 4 aromatic heterocycles. The number of carbonyl (C=O) groups is 1. The molecule has 0 radical (unpaired) electrons. The third-order valence-corrected chi connectivity index (χ3v) is 6.13. The first-order valence-corrected chi connectivity index (χ1v) is 10.8. The Bertz CT molecular complexity index is 1420. The molecule has 1 aliphatic heterocycles. The standard InChI is InChI=1S/C25H21N5O2/c31-25(19-15-21(22-10-6-14-32-22)26-20-9-2-1-8-18(19)20)29-12-5-7-17(16-29)24-28-27-23-11-3-4-13-30(23)24/h1-4,6,8-11,13-15,17H,5,7,12,16H2/t17-/m1/s1. The van der Waals surface area contributed by atoms with Gasteiger partial charge in [0.25, 0.3) is 5.91 Å². The van der Waals surface area contributed by atoms with E-state index in [2.05, 4.69) is 10.2 Å². The molecule has 0 N–H and O–H groups in total. The highest BCUT2D eigenvalue weighted by atomic mass is 16.3. The van der Waals surface area contributed by atoms with Gasteiger partial charge in [-0.25, -0.2) is 4.98 Å². The van der Waals surface area contributed by atoms with Gasteiger partial charge in [0, 0.05) is 30.6 Å². The van der Waals surface area contributed by atoms with Crippen molar-refractivity contribution in [3.8, 4) is 11.5 Å². The lowest BCUT2D eigenvalue weighted by Crippen LogP contribution is -2.39. The van der Waals surface area contributed by atoms with Crippen LogP contribution in [0.1, 0.15) is 34.9 Å². The van der Waals surface area contributed by atoms with Crippen molar-refractivity contribution >= 4 is 22.5 Å². The maximum atomic E-state index is 13.7. The van der Waals surface area contributed by atoms with Crippen LogP contribution in [-0.4, -0.2) is 43.5 Å². The normalized spacial score (nSPS) is 16.6. The first-order chi connectivity index (χ1) is 15.8. The summed E-state index contributed by atoms with van der Waals surface area (Å²) >= 11 is 0. The Morgan fingerprint density at radius 2 is 1.94 bits per heavy atom. The van der Waals surface area contributed by atoms with E-state index in [4.69, 9.17) is 9.40 Å². The van der Waals surface area contributed by atoms with Gasteiger partial charge in [0.2, 0.25) is 0 Å². The fourth-order valence-corrected chi connectivity index (χ4v) is 4.58. The Labute approximate surface area is 184 Å². The number of likely N-dealkylation sites (tertiary alicyclic amines) is 1. The van der Waals surface area contributed by atoms with E-state index >= 15 is 0 Å². The van der Waals surface area contributed by atoms with Crippen molar-refractivity contribution in [3.63, 3.8) is 0 Å². The van der Waals surface area contributed by atoms with E-state index in [0.717, 1.165) is 41.8 Å². The van der Waals surface area contributed by atoms with E-state index in [9.17, 15) is 4.79 Å².